The van der Waals surface area contributed by atoms with Crippen molar-refractivity contribution in [2.24, 2.45) is 0 Å². The number of nitrogens with zero attached hydrogens (tertiary/aromatic N) is 3. The number of aromatic nitrogens is 3. The van der Waals surface area contributed by atoms with Crippen LogP contribution in [-0.4, -0.2) is 57.7 Å². The van der Waals surface area contributed by atoms with Crippen molar-refractivity contribution in [1.82, 2.24) is 24.8 Å². The lowest BCUT2D eigenvalue weighted by molar-refractivity contribution is -0.0292. The van der Waals surface area contributed by atoms with E-state index in [1.165, 1.54) is 22.4 Å². The van der Waals surface area contributed by atoms with Gasteiger partial charge in [-0.3, -0.25) is 24.0 Å². The van der Waals surface area contributed by atoms with Gasteiger partial charge in [-0.2, -0.15) is 0 Å². The number of aromatic amines is 1. The summed E-state index contributed by atoms with van der Waals surface area (Å²) in [6.07, 6.45) is 3.06. The predicted octanol–water partition coefficient (Wildman–Crippen LogP) is 1.05. The summed E-state index contributed by atoms with van der Waals surface area (Å²) in [5.41, 5.74) is 0.862. The summed E-state index contributed by atoms with van der Waals surface area (Å²) in [4.78, 5) is 46.1. The number of hydrogen-bond acceptors (Lipinski definition) is 6. The maximum Gasteiger partial charge on any atom is 0.330 e. The number of carbonyl (C=O) groups is 1. The van der Waals surface area contributed by atoms with E-state index < -0.39 is 11.2 Å². The minimum absolute atomic E-state index is 0.0660. The Morgan fingerprint density at radius 1 is 1.22 bits per heavy atom. The fourth-order valence-corrected chi connectivity index (χ4v) is 4.13. The molecule has 9 nitrogen and oxygen atoms in total. The molecule has 1 aliphatic heterocycles. The van der Waals surface area contributed by atoms with Gasteiger partial charge in [-0.05, 0) is 24.5 Å². The number of carbonyl (C=O) groups excluding carboxylic acids is 1. The number of benzene rings is 1. The molecular formula is C23H25N5O4. The van der Waals surface area contributed by atoms with E-state index in [4.69, 9.17) is 4.74 Å². The van der Waals surface area contributed by atoms with Crippen molar-refractivity contribution < 1.29 is 9.53 Å². The van der Waals surface area contributed by atoms with E-state index in [9.17, 15) is 14.4 Å². The maximum absolute atomic E-state index is 12.7. The van der Waals surface area contributed by atoms with Crippen LogP contribution in [0.5, 0.6) is 0 Å². The van der Waals surface area contributed by atoms with Gasteiger partial charge in [0.2, 0.25) is 0 Å². The molecule has 0 spiro atoms. The Bertz CT molecular complexity index is 1250. The zero-order valence-electron chi connectivity index (χ0n) is 17.6. The molecule has 2 aromatic heterocycles. The van der Waals surface area contributed by atoms with Crippen molar-refractivity contribution >= 4 is 16.9 Å². The third-order valence-corrected chi connectivity index (χ3v) is 5.92. The smallest absolute Gasteiger partial charge is 0.330 e. The first-order valence-corrected chi connectivity index (χ1v) is 10.9. The highest BCUT2D eigenvalue weighted by molar-refractivity contribution is 5.96. The first kappa shape index (κ1) is 20.6. The highest BCUT2D eigenvalue weighted by atomic mass is 16.5. The number of amides is 1. The molecule has 32 heavy (non-hydrogen) atoms. The second-order valence-corrected chi connectivity index (χ2v) is 8.38. The van der Waals surface area contributed by atoms with Crippen molar-refractivity contribution in [1.29, 1.82) is 0 Å². The lowest BCUT2D eigenvalue weighted by atomic mass is 10.2. The van der Waals surface area contributed by atoms with Crippen molar-refractivity contribution in [2.45, 2.75) is 31.5 Å². The SMILES string of the molecule is O=C(NCC1CN(Cc2ccccc2)CCO1)c1cnc2c(c1)c(=O)[nH]c(=O)n2C1CC1. The van der Waals surface area contributed by atoms with E-state index >= 15 is 0 Å². The van der Waals surface area contributed by atoms with Gasteiger partial charge in [0.05, 0.1) is 23.7 Å². The number of pyridine rings is 1. The monoisotopic (exact) mass is 435 g/mol. The third-order valence-electron chi connectivity index (χ3n) is 5.92. The first-order valence-electron chi connectivity index (χ1n) is 10.9. The average Bonchev–Trinajstić information content (AvgIpc) is 3.63. The molecule has 1 amide bonds. The molecule has 1 saturated heterocycles. The molecule has 2 fully saturated rings. The number of rotatable bonds is 6. The van der Waals surface area contributed by atoms with Gasteiger partial charge in [-0.1, -0.05) is 30.3 Å². The summed E-state index contributed by atoms with van der Waals surface area (Å²) in [6.45, 7) is 3.38. The zero-order valence-corrected chi connectivity index (χ0v) is 17.6. The van der Waals surface area contributed by atoms with Gasteiger partial charge in [0, 0.05) is 38.4 Å². The van der Waals surface area contributed by atoms with Gasteiger partial charge in [-0.15, -0.1) is 0 Å². The number of fused-ring (bicyclic) bond motifs is 1. The molecule has 0 radical (unpaired) electrons. The zero-order chi connectivity index (χ0) is 22.1. The Morgan fingerprint density at radius 3 is 2.81 bits per heavy atom. The summed E-state index contributed by atoms with van der Waals surface area (Å²) in [5.74, 6) is -0.327. The van der Waals surface area contributed by atoms with Crippen LogP contribution in [-0.2, 0) is 11.3 Å². The van der Waals surface area contributed by atoms with Crippen LogP contribution in [0.3, 0.4) is 0 Å². The molecule has 2 N–H and O–H groups in total. The van der Waals surface area contributed by atoms with Crippen molar-refractivity contribution in [3.8, 4) is 0 Å². The molecule has 1 aliphatic carbocycles. The van der Waals surface area contributed by atoms with E-state index in [0.717, 1.165) is 32.5 Å². The first-order chi connectivity index (χ1) is 15.6. The Morgan fingerprint density at radius 2 is 2.03 bits per heavy atom. The highest BCUT2D eigenvalue weighted by Gasteiger charge is 2.28. The highest BCUT2D eigenvalue weighted by Crippen LogP contribution is 2.34. The minimum Gasteiger partial charge on any atom is -0.374 e. The van der Waals surface area contributed by atoms with Crippen LogP contribution in [0.4, 0.5) is 0 Å². The number of H-pyrrole nitrogens is 1. The third kappa shape index (κ3) is 4.35. The summed E-state index contributed by atoms with van der Waals surface area (Å²) in [6, 6.07) is 11.8. The van der Waals surface area contributed by atoms with Crippen LogP contribution in [0.15, 0.2) is 52.2 Å². The van der Waals surface area contributed by atoms with Gasteiger partial charge in [0.1, 0.15) is 5.65 Å². The van der Waals surface area contributed by atoms with E-state index in [1.54, 1.807) is 0 Å². The number of ether oxygens (including phenoxy) is 1. The molecule has 1 atom stereocenters. The van der Waals surface area contributed by atoms with E-state index in [1.807, 2.05) is 18.2 Å². The predicted molar refractivity (Wildman–Crippen MR) is 119 cm³/mol. The minimum atomic E-state index is -0.531. The van der Waals surface area contributed by atoms with Gasteiger partial charge in [0.15, 0.2) is 0 Å². The van der Waals surface area contributed by atoms with Crippen LogP contribution >= 0.6 is 0 Å². The fourth-order valence-electron chi connectivity index (χ4n) is 4.13. The van der Waals surface area contributed by atoms with Crippen LogP contribution in [0, 0.1) is 0 Å². The standard InChI is InChI=1S/C23H25N5O4/c29-21(25-12-18-14-27(8-9-32-18)13-15-4-2-1-3-5-15)16-10-19-20(24-11-16)28(17-6-7-17)23(31)26-22(19)30/h1-5,10-11,17-18H,6-9,12-14H2,(H,25,29)(H,26,30,31). The van der Waals surface area contributed by atoms with E-state index in [-0.39, 0.29) is 29.0 Å². The molecule has 3 aromatic rings. The lowest BCUT2D eigenvalue weighted by Crippen LogP contribution is -2.47. The van der Waals surface area contributed by atoms with Gasteiger partial charge >= 0.3 is 5.69 Å². The summed E-state index contributed by atoms with van der Waals surface area (Å²) >= 11 is 0. The van der Waals surface area contributed by atoms with Crippen LogP contribution in [0.25, 0.3) is 11.0 Å². The van der Waals surface area contributed by atoms with Crippen molar-refractivity contribution in [2.75, 3.05) is 26.2 Å². The van der Waals surface area contributed by atoms with Crippen molar-refractivity contribution in [3.63, 3.8) is 0 Å². The molecule has 166 valence electrons. The average molecular weight is 435 g/mol. The molecule has 2 aliphatic rings. The largest absolute Gasteiger partial charge is 0.374 e. The quantitative estimate of drug-likeness (QED) is 0.599. The summed E-state index contributed by atoms with van der Waals surface area (Å²) in [5, 5.41) is 3.13. The Balaban J connectivity index is 1.25. The second kappa shape index (κ2) is 8.68. The maximum atomic E-state index is 12.7. The molecule has 1 saturated carbocycles. The number of morpholine rings is 1. The van der Waals surface area contributed by atoms with Crippen LogP contribution < -0.4 is 16.6 Å². The summed E-state index contributed by atoms with van der Waals surface area (Å²) in [7, 11) is 0. The topological polar surface area (TPSA) is 109 Å². The van der Waals surface area contributed by atoms with Gasteiger partial charge in [0.25, 0.3) is 11.5 Å². The molecule has 5 rings (SSSR count). The normalized spacial score (nSPS) is 19.2. The second-order valence-electron chi connectivity index (χ2n) is 8.38. The Kier molecular flexibility index (Phi) is 5.59. The molecule has 1 aromatic carbocycles. The van der Waals surface area contributed by atoms with Crippen molar-refractivity contribution in [3.05, 3.63) is 74.6 Å². The fraction of sp³-hybridized carbons (Fsp3) is 0.391. The van der Waals surface area contributed by atoms with Crippen LogP contribution in [0.2, 0.25) is 0 Å². The molecule has 0 bridgehead atoms. The van der Waals surface area contributed by atoms with Gasteiger partial charge < -0.3 is 10.1 Å². The van der Waals surface area contributed by atoms with E-state index in [0.29, 0.717) is 18.8 Å². The van der Waals surface area contributed by atoms with E-state index in [2.05, 4.69) is 32.3 Å². The van der Waals surface area contributed by atoms with Gasteiger partial charge in [-0.25, -0.2) is 9.78 Å². The molecule has 3 heterocycles. The Labute approximate surface area is 184 Å². The summed E-state index contributed by atoms with van der Waals surface area (Å²) < 4.78 is 7.33. The number of nitrogens with one attached hydrogen (secondary N) is 2. The number of hydrogen-bond donors (Lipinski definition) is 2. The molecule has 1 unspecified atom stereocenters. The lowest BCUT2D eigenvalue weighted by Gasteiger charge is -2.33. The Hall–Kier alpha value is -3.30. The molecular weight excluding hydrogens is 410 g/mol. The van der Waals surface area contributed by atoms with Crippen LogP contribution in [0.1, 0.15) is 34.8 Å². The molecule has 9 heteroatoms.